The van der Waals surface area contributed by atoms with Gasteiger partial charge >= 0.3 is 0 Å². The van der Waals surface area contributed by atoms with Crippen LogP contribution in [0.3, 0.4) is 0 Å². The van der Waals surface area contributed by atoms with Crippen LogP contribution in [0.15, 0.2) is 78.3 Å². The van der Waals surface area contributed by atoms with E-state index in [0.717, 1.165) is 11.2 Å². The van der Waals surface area contributed by atoms with Crippen molar-refractivity contribution < 1.29 is 0 Å². The average Bonchev–Trinajstić information content (AvgIpc) is 3.51. The fourth-order valence-electron chi connectivity index (χ4n) is 3.47. The summed E-state index contributed by atoms with van der Waals surface area (Å²) < 4.78 is 1.72. The molecule has 0 aliphatic rings. The Morgan fingerprint density at radius 2 is 1.86 bits per heavy atom. The number of anilines is 1. The second kappa shape index (κ2) is 7.28. The van der Waals surface area contributed by atoms with E-state index in [1.54, 1.807) is 16.0 Å². The zero-order valence-corrected chi connectivity index (χ0v) is 15.8. The number of thiophene rings is 1. The van der Waals surface area contributed by atoms with Crippen LogP contribution in [-0.2, 0) is 0 Å². The van der Waals surface area contributed by atoms with Gasteiger partial charge in [0.05, 0.1) is 5.69 Å². The minimum atomic E-state index is 0.192. The van der Waals surface area contributed by atoms with Crippen molar-refractivity contribution in [2.24, 2.45) is 0 Å². The van der Waals surface area contributed by atoms with E-state index in [4.69, 9.17) is 0 Å². The predicted octanol–water partition coefficient (Wildman–Crippen LogP) is 4.45. The lowest BCUT2D eigenvalue weighted by molar-refractivity contribution is 0.785. The monoisotopic (exact) mass is 386 g/mol. The molecule has 0 amide bonds. The summed E-state index contributed by atoms with van der Waals surface area (Å²) >= 11 is 1.76. The topological polar surface area (TPSA) is 71.4 Å². The number of benzene rings is 2. The average molecular weight is 386 g/mol. The highest BCUT2D eigenvalue weighted by Gasteiger charge is 2.20. The Hall–Kier alpha value is -3.45. The summed E-state index contributed by atoms with van der Waals surface area (Å²) in [6.07, 6.45) is 2.11. The molecule has 0 aliphatic carbocycles. The molecule has 2 N–H and O–H groups in total. The Morgan fingerprint density at radius 1 is 1.00 bits per heavy atom. The zero-order valence-electron chi connectivity index (χ0n) is 15.0. The van der Waals surface area contributed by atoms with Crippen molar-refractivity contribution in [1.82, 2.24) is 25.2 Å². The van der Waals surface area contributed by atoms with Gasteiger partial charge in [-0.1, -0.05) is 47.6 Å². The summed E-state index contributed by atoms with van der Waals surface area (Å²) in [7, 11) is 0. The molecule has 3 heterocycles. The van der Waals surface area contributed by atoms with Gasteiger partial charge in [0, 0.05) is 34.4 Å². The van der Waals surface area contributed by atoms with Gasteiger partial charge < -0.3 is 10.3 Å². The van der Waals surface area contributed by atoms with Crippen molar-refractivity contribution in [3.8, 4) is 5.69 Å². The van der Waals surface area contributed by atoms with Crippen molar-refractivity contribution in [3.63, 3.8) is 0 Å². The first kappa shape index (κ1) is 16.7. The van der Waals surface area contributed by atoms with E-state index in [1.807, 2.05) is 30.3 Å². The van der Waals surface area contributed by atoms with E-state index in [0.29, 0.717) is 12.5 Å². The molecule has 6 nitrogen and oxygen atoms in total. The van der Waals surface area contributed by atoms with Crippen LogP contribution in [0.5, 0.6) is 0 Å². The third-order valence-corrected chi connectivity index (χ3v) is 5.80. The molecule has 0 bridgehead atoms. The Kier molecular flexibility index (Phi) is 4.34. The second-order valence-electron chi connectivity index (χ2n) is 6.49. The van der Waals surface area contributed by atoms with E-state index in [1.165, 1.54) is 15.8 Å². The van der Waals surface area contributed by atoms with Crippen molar-refractivity contribution in [1.29, 1.82) is 0 Å². The lowest BCUT2D eigenvalue weighted by Crippen LogP contribution is -2.16. The molecule has 5 rings (SSSR count). The van der Waals surface area contributed by atoms with Crippen molar-refractivity contribution >= 4 is 28.2 Å². The van der Waals surface area contributed by atoms with Crippen LogP contribution < -0.4 is 5.32 Å². The van der Waals surface area contributed by atoms with Gasteiger partial charge in [-0.05, 0) is 45.6 Å². The molecule has 5 aromatic rings. The lowest BCUT2D eigenvalue weighted by atomic mass is 9.97. The number of aromatic nitrogens is 5. The van der Waals surface area contributed by atoms with Crippen LogP contribution in [0.25, 0.3) is 16.6 Å². The SMILES string of the molecule is c1ccc(-n2nnnc2NC[C@@H](c2cccs2)c2c[nH]c3ccccc23)cc1. The maximum Gasteiger partial charge on any atom is 0.247 e. The van der Waals surface area contributed by atoms with Crippen LogP contribution >= 0.6 is 11.3 Å². The number of hydrogen-bond donors (Lipinski definition) is 2. The molecule has 0 radical (unpaired) electrons. The largest absolute Gasteiger partial charge is 0.361 e. The maximum absolute atomic E-state index is 4.18. The first-order valence-corrected chi connectivity index (χ1v) is 9.95. The van der Waals surface area contributed by atoms with Gasteiger partial charge in [-0.2, -0.15) is 4.68 Å². The Labute approximate surface area is 165 Å². The Morgan fingerprint density at radius 3 is 2.71 bits per heavy atom. The van der Waals surface area contributed by atoms with Crippen LogP contribution in [0.1, 0.15) is 16.4 Å². The Bertz CT molecular complexity index is 1180. The lowest BCUT2D eigenvalue weighted by Gasteiger charge is -2.16. The number of rotatable bonds is 6. The summed E-state index contributed by atoms with van der Waals surface area (Å²) in [5.41, 5.74) is 3.34. The fourth-order valence-corrected chi connectivity index (χ4v) is 4.32. The highest BCUT2D eigenvalue weighted by atomic mass is 32.1. The van der Waals surface area contributed by atoms with E-state index in [9.17, 15) is 0 Å². The zero-order chi connectivity index (χ0) is 18.8. The van der Waals surface area contributed by atoms with Crippen LogP contribution in [0.4, 0.5) is 5.95 Å². The van der Waals surface area contributed by atoms with Gasteiger partial charge in [-0.25, -0.2) is 0 Å². The molecule has 0 aliphatic heterocycles. The minimum Gasteiger partial charge on any atom is -0.361 e. The summed E-state index contributed by atoms with van der Waals surface area (Å²) in [6.45, 7) is 0.690. The number of nitrogens with zero attached hydrogens (tertiary/aromatic N) is 4. The van der Waals surface area contributed by atoms with E-state index < -0.39 is 0 Å². The molecule has 0 saturated heterocycles. The number of tetrazole rings is 1. The van der Waals surface area contributed by atoms with Gasteiger partial charge in [0.2, 0.25) is 5.95 Å². The molecular weight excluding hydrogens is 368 g/mol. The summed E-state index contributed by atoms with van der Waals surface area (Å²) in [5, 5.41) is 19.0. The second-order valence-corrected chi connectivity index (χ2v) is 7.47. The van der Waals surface area contributed by atoms with Crippen molar-refractivity contribution in [2.45, 2.75) is 5.92 Å². The van der Waals surface area contributed by atoms with Crippen LogP contribution in [-0.4, -0.2) is 31.7 Å². The number of para-hydroxylation sites is 2. The molecule has 0 spiro atoms. The first-order chi connectivity index (χ1) is 13.9. The summed E-state index contributed by atoms with van der Waals surface area (Å²) in [4.78, 5) is 4.69. The third-order valence-electron chi connectivity index (χ3n) is 4.82. The highest BCUT2D eigenvalue weighted by molar-refractivity contribution is 7.10. The van der Waals surface area contributed by atoms with E-state index in [2.05, 4.69) is 73.8 Å². The molecule has 138 valence electrons. The first-order valence-electron chi connectivity index (χ1n) is 9.07. The number of fused-ring (bicyclic) bond motifs is 1. The number of hydrogen-bond acceptors (Lipinski definition) is 5. The van der Waals surface area contributed by atoms with Gasteiger partial charge in [0.1, 0.15) is 0 Å². The molecule has 1 atom stereocenters. The molecule has 0 unspecified atom stereocenters. The normalized spacial score (nSPS) is 12.3. The van der Waals surface area contributed by atoms with Gasteiger partial charge in [0.15, 0.2) is 0 Å². The third kappa shape index (κ3) is 3.05. The van der Waals surface area contributed by atoms with Crippen molar-refractivity contribution in [3.05, 3.63) is 88.7 Å². The molecule has 28 heavy (non-hydrogen) atoms. The molecule has 7 heteroatoms. The molecular formula is C21H18N6S. The Balaban J connectivity index is 1.47. The van der Waals surface area contributed by atoms with Gasteiger partial charge in [-0.15, -0.1) is 11.3 Å². The number of H-pyrrole nitrogens is 1. The van der Waals surface area contributed by atoms with Gasteiger partial charge in [0.25, 0.3) is 0 Å². The van der Waals surface area contributed by atoms with Crippen LogP contribution in [0, 0.1) is 0 Å². The smallest absolute Gasteiger partial charge is 0.247 e. The summed E-state index contributed by atoms with van der Waals surface area (Å²) in [6, 6.07) is 22.6. The molecule has 3 aromatic heterocycles. The molecule has 2 aromatic carbocycles. The van der Waals surface area contributed by atoms with E-state index in [-0.39, 0.29) is 5.92 Å². The maximum atomic E-state index is 4.18. The minimum absolute atomic E-state index is 0.192. The molecule has 0 fully saturated rings. The van der Waals surface area contributed by atoms with E-state index >= 15 is 0 Å². The van der Waals surface area contributed by atoms with Crippen molar-refractivity contribution in [2.75, 3.05) is 11.9 Å². The standard InChI is InChI=1S/C21H18N6S/c1-2-7-15(8-3-1)27-21(24-25-26-27)23-14-18(20-11-6-12-28-20)17-13-22-19-10-5-4-9-16(17)19/h1-13,18,22H,14H2,(H,23,24,26)/t18-/m1/s1. The molecule has 0 saturated carbocycles. The summed E-state index contributed by atoms with van der Waals surface area (Å²) in [5.74, 6) is 0.824. The number of aromatic amines is 1. The quantitative estimate of drug-likeness (QED) is 0.452. The predicted molar refractivity (Wildman–Crippen MR) is 112 cm³/mol. The highest BCUT2D eigenvalue weighted by Crippen LogP contribution is 2.33. The fraction of sp³-hybridized carbons (Fsp3) is 0.0952. The van der Waals surface area contributed by atoms with Gasteiger partial charge in [-0.3, -0.25) is 0 Å². The van der Waals surface area contributed by atoms with Crippen LogP contribution in [0.2, 0.25) is 0 Å². The number of nitrogens with one attached hydrogen (secondary N) is 2.